The summed E-state index contributed by atoms with van der Waals surface area (Å²) in [5, 5.41) is 105. The van der Waals surface area contributed by atoms with Crippen molar-refractivity contribution >= 4 is 43.6 Å². The summed E-state index contributed by atoms with van der Waals surface area (Å²) in [6.45, 7) is 0. The Hall–Kier alpha value is -13.5. The maximum Gasteiger partial charge on any atom is 0.416 e. The van der Waals surface area contributed by atoms with E-state index in [0.717, 1.165) is 12.1 Å². The second-order valence-corrected chi connectivity index (χ2v) is 19.9. The van der Waals surface area contributed by atoms with Crippen molar-refractivity contribution < 1.29 is 13.2 Å². The minimum absolute atomic E-state index is 0.00325. The fourth-order valence-electron chi connectivity index (χ4n) is 11.3. The largest absolute Gasteiger partial charge is 0.416 e. The third-order valence-corrected chi connectivity index (χ3v) is 15.3. The van der Waals surface area contributed by atoms with Crippen LogP contribution in [0.4, 0.5) is 13.2 Å². The van der Waals surface area contributed by atoms with Crippen molar-refractivity contribution in [3.05, 3.63) is 237 Å². The van der Waals surface area contributed by atoms with Gasteiger partial charge in [-0.3, -0.25) is 0 Å². The first-order chi connectivity index (χ1) is 41.8. The Kier molecular flexibility index (Phi) is 12.9. The molecule has 0 saturated carbocycles. The van der Waals surface area contributed by atoms with E-state index in [0.29, 0.717) is 88.1 Å². The maximum atomic E-state index is 14.9. The lowest BCUT2D eigenvalue weighted by atomic mass is 9.94. The number of benzene rings is 10. The number of alkyl halides is 3. The molecule has 12 aromatic rings. The second-order valence-electron chi connectivity index (χ2n) is 19.9. The van der Waals surface area contributed by atoms with Crippen LogP contribution in [0.3, 0.4) is 0 Å². The van der Waals surface area contributed by atoms with Crippen molar-refractivity contribution in [1.29, 1.82) is 52.6 Å². The van der Waals surface area contributed by atoms with Crippen LogP contribution in [-0.2, 0) is 6.18 Å². The molecule has 0 aliphatic rings. The topological polar surface area (TPSA) is 248 Å². The van der Waals surface area contributed by atoms with Crippen molar-refractivity contribution in [3.8, 4) is 128 Å². The first-order valence-corrected chi connectivity index (χ1v) is 25.9. The van der Waals surface area contributed by atoms with Gasteiger partial charge in [-0.2, -0.15) is 65.8 Å². The summed E-state index contributed by atoms with van der Waals surface area (Å²) in [7, 11) is 0. The summed E-state index contributed by atoms with van der Waals surface area (Å²) in [6.07, 6.45) is -4.92. The summed E-state index contributed by atoms with van der Waals surface area (Å²) in [4.78, 5) is 0. The second kappa shape index (κ2) is 20.9. The van der Waals surface area contributed by atoms with Gasteiger partial charge in [0.2, 0.25) is 0 Å². The fourth-order valence-corrected chi connectivity index (χ4v) is 11.3. The van der Waals surface area contributed by atoms with Crippen molar-refractivity contribution in [2.75, 3.05) is 0 Å². The molecule has 12 rings (SSSR count). The molecule has 0 bridgehead atoms. The zero-order valence-corrected chi connectivity index (χ0v) is 44.2. The van der Waals surface area contributed by atoms with E-state index >= 15 is 0 Å². The zero-order valence-electron chi connectivity index (χ0n) is 44.2. The molecule has 0 spiro atoms. The third kappa shape index (κ3) is 8.82. The van der Waals surface area contributed by atoms with Gasteiger partial charge in [0.25, 0.3) is 0 Å². The van der Waals surface area contributed by atoms with E-state index in [1.165, 1.54) is 30.3 Å². The van der Waals surface area contributed by atoms with E-state index < -0.39 is 11.7 Å². The van der Waals surface area contributed by atoms with Crippen molar-refractivity contribution in [2.45, 2.75) is 6.18 Å². The van der Waals surface area contributed by atoms with Gasteiger partial charge >= 0.3 is 6.18 Å². The predicted octanol–water partition coefficient (Wildman–Crippen LogP) is 16.0. The van der Waals surface area contributed by atoms with Crippen molar-refractivity contribution in [2.24, 2.45) is 0 Å². The van der Waals surface area contributed by atoms with Gasteiger partial charge in [-0.1, -0.05) is 72.8 Å². The maximum absolute atomic E-state index is 14.9. The monoisotopic (exact) mass is 1110 g/mol. The zero-order chi connectivity index (χ0) is 60.1. The normalized spacial score (nSPS) is 10.8. The highest BCUT2D eigenvalue weighted by Gasteiger charge is 2.32. The van der Waals surface area contributed by atoms with E-state index in [4.69, 9.17) is 0 Å². The van der Waals surface area contributed by atoms with Crippen LogP contribution in [0.5, 0.6) is 0 Å². The van der Waals surface area contributed by atoms with Crippen molar-refractivity contribution in [1.82, 2.24) is 9.13 Å². The van der Waals surface area contributed by atoms with E-state index in [-0.39, 0.29) is 78.1 Å². The first-order valence-electron chi connectivity index (χ1n) is 25.9. The van der Waals surface area contributed by atoms with Crippen molar-refractivity contribution in [3.63, 3.8) is 0 Å². The fraction of sp³-hybridized carbons (Fsp3) is 0.0141. The van der Waals surface area contributed by atoms with Gasteiger partial charge in [0.1, 0.15) is 0 Å². The van der Waals surface area contributed by atoms with Crippen LogP contribution in [0.1, 0.15) is 61.2 Å². The predicted molar refractivity (Wildman–Crippen MR) is 314 cm³/mol. The first kappa shape index (κ1) is 53.1. The Morgan fingerprint density at radius 1 is 0.256 bits per heavy atom. The summed E-state index contributed by atoms with van der Waals surface area (Å²) in [6, 6.07) is 68.3. The van der Waals surface area contributed by atoms with Gasteiger partial charge in [-0.15, -0.1) is 0 Å². The molecule has 0 radical (unpaired) electrons. The van der Waals surface area contributed by atoms with Gasteiger partial charge in [0.15, 0.2) is 0 Å². The molecule has 0 aliphatic heterocycles. The number of fused-ring (bicyclic) bond motifs is 6. The molecule has 0 amide bonds. The average molecular weight is 1110 g/mol. The molecule has 0 saturated heterocycles. The number of halogens is 3. The van der Waals surface area contributed by atoms with E-state index in [1.54, 1.807) is 60.7 Å². The highest BCUT2D eigenvalue weighted by molar-refractivity contribution is 6.14. The number of rotatable bonds is 7. The highest BCUT2D eigenvalue weighted by Crippen LogP contribution is 2.46. The molecular weight excluding hydrogens is 1080 g/mol. The Bertz CT molecular complexity index is 5230. The Morgan fingerprint density at radius 3 is 0.849 bits per heavy atom. The van der Waals surface area contributed by atoms with Gasteiger partial charge in [-0.05, 0) is 153 Å². The highest BCUT2D eigenvalue weighted by atomic mass is 19.4. The third-order valence-electron chi connectivity index (χ3n) is 15.3. The molecule has 0 fully saturated rings. The minimum Gasteiger partial charge on any atom is -0.307 e. The van der Waals surface area contributed by atoms with Gasteiger partial charge in [0, 0.05) is 27.1 Å². The number of nitriles is 10. The molecular formula is C71H29F3N12. The van der Waals surface area contributed by atoms with E-state index in [1.807, 2.05) is 88.0 Å². The molecule has 0 unspecified atom stereocenters. The van der Waals surface area contributed by atoms with Crippen LogP contribution in [0.15, 0.2) is 176 Å². The van der Waals surface area contributed by atoms with Gasteiger partial charge < -0.3 is 9.13 Å². The smallest absolute Gasteiger partial charge is 0.307 e. The quantitative estimate of drug-likeness (QED) is 0.146. The molecule has 0 aliphatic carbocycles. The molecule has 0 atom stereocenters. The summed E-state index contributed by atoms with van der Waals surface area (Å²) >= 11 is 0. The van der Waals surface area contributed by atoms with Crippen LogP contribution in [0.2, 0.25) is 0 Å². The molecule has 12 nitrogen and oxygen atoms in total. The molecule has 2 aromatic heterocycles. The van der Waals surface area contributed by atoms with E-state index in [2.05, 4.69) is 54.6 Å². The summed E-state index contributed by atoms with van der Waals surface area (Å²) < 4.78 is 48.4. The number of aromatic nitrogens is 2. The lowest BCUT2D eigenvalue weighted by Crippen LogP contribution is -2.07. The lowest BCUT2D eigenvalue weighted by Gasteiger charge is -2.21. The van der Waals surface area contributed by atoms with E-state index in [9.17, 15) is 65.8 Å². The van der Waals surface area contributed by atoms with Gasteiger partial charge in [-0.25, -0.2) is 0 Å². The Morgan fingerprint density at radius 2 is 0.558 bits per heavy atom. The summed E-state index contributed by atoms with van der Waals surface area (Å²) in [5.41, 5.74) is 6.68. The number of nitrogens with zero attached hydrogens (tertiary/aromatic N) is 12. The van der Waals surface area contributed by atoms with Crippen LogP contribution in [0, 0.1) is 113 Å². The molecule has 10 aromatic carbocycles. The number of hydrogen-bond donors (Lipinski definition) is 0. The summed E-state index contributed by atoms with van der Waals surface area (Å²) in [5.74, 6) is 0. The van der Waals surface area contributed by atoms with Gasteiger partial charge in [0.05, 0.1) is 155 Å². The Balaban J connectivity index is 1.29. The molecule has 86 heavy (non-hydrogen) atoms. The molecule has 0 N–H and O–H groups in total. The van der Waals surface area contributed by atoms with Crippen LogP contribution in [0.25, 0.3) is 111 Å². The SMILES string of the molecule is N#Cc1cc(-c2cc(-n3c4cc(-c5ccc(C#N)cc5C#N)ccc4c4ccc(-c5ccc(C#N)cc5C#N)cc43)c(-n3c4cc(-c5ccc(C#N)cc5C#N)ccc4c4ccc(-c5ccc(C#N)cc5C#N)cc43)cc2C#N)cc(C(F)(F)F)c1. The molecule has 15 heteroatoms. The minimum atomic E-state index is -4.92. The number of hydrogen-bond acceptors (Lipinski definition) is 10. The lowest BCUT2D eigenvalue weighted by molar-refractivity contribution is -0.137. The Labute approximate surface area is 487 Å². The average Bonchev–Trinajstić information content (AvgIpc) is 1.58. The van der Waals surface area contributed by atoms with Crippen LogP contribution >= 0.6 is 0 Å². The molecule has 394 valence electrons. The standard InChI is InChI=1S/C71H29F3N12/c72-71(73,74)55-22-44(34-79)21-49(23-55)64-29-70(86-67-26-47(58-11-3-42(32-77)19-52(58)37-82)7-15-62(67)63-16-8-48(27-68(63)86)59-12-4-43(33-78)20-53(59)38-83)69(28-54(64)39-84)85-65-24-45(56-9-1-40(30-75)17-50(56)35-80)5-13-60(65)61-14-6-46(25-66(61)85)57-10-2-41(31-76)18-51(57)36-81/h1-29H. The van der Waals surface area contributed by atoms with Crippen LogP contribution < -0.4 is 0 Å². The molecule has 2 heterocycles. The van der Waals surface area contributed by atoms with Crippen LogP contribution in [-0.4, -0.2) is 9.13 Å².